The molecule has 21 heavy (non-hydrogen) atoms. The average Bonchev–Trinajstić information content (AvgIpc) is 2.91. The predicted molar refractivity (Wildman–Crippen MR) is 80.0 cm³/mol. The van der Waals surface area contributed by atoms with Gasteiger partial charge in [-0.3, -0.25) is 4.90 Å². The Hall–Kier alpha value is -1.41. The Labute approximate surface area is 125 Å². The van der Waals surface area contributed by atoms with E-state index < -0.39 is 0 Å². The molecule has 1 aromatic carbocycles. The van der Waals surface area contributed by atoms with Crippen molar-refractivity contribution >= 4 is 0 Å². The summed E-state index contributed by atoms with van der Waals surface area (Å²) in [5.74, 6) is 5.80. The minimum absolute atomic E-state index is 0.0137. The van der Waals surface area contributed by atoms with Gasteiger partial charge < -0.3 is 10.2 Å². The van der Waals surface area contributed by atoms with E-state index in [0.717, 1.165) is 25.1 Å². The number of halogens is 1. The van der Waals surface area contributed by atoms with Gasteiger partial charge in [0.25, 0.3) is 0 Å². The lowest BCUT2D eigenvalue weighted by Gasteiger charge is -2.18. The molecular weight excluding hydrogens is 269 g/mol. The summed E-state index contributed by atoms with van der Waals surface area (Å²) in [6.45, 7) is 4.36. The molecule has 1 aromatic rings. The van der Waals surface area contributed by atoms with E-state index in [9.17, 15) is 9.50 Å². The van der Waals surface area contributed by atoms with E-state index in [1.807, 2.05) is 6.92 Å². The Balaban J connectivity index is 2.08. The molecule has 1 fully saturated rings. The Kier molecular flexibility index (Phi) is 5.75. The SMILES string of the molecule is CC(O)C1CCN(Cc2ccc(F)cc2C#CCCO)C1. The highest BCUT2D eigenvalue weighted by Gasteiger charge is 2.26. The van der Waals surface area contributed by atoms with E-state index in [0.29, 0.717) is 24.4 Å². The molecule has 1 heterocycles. The fourth-order valence-corrected chi connectivity index (χ4v) is 2.66. The van der Waals surface area contributed by atoms with E-state index in [4.69, 9.17) is 5.11 Å². The zero-order valence-electron chi connectivity index (χ0n) is 12.3. The molecule has 114 valence electrons. The molecule has 0 aromatic heterocycles. The maximum Gasteiger partial charge on any atom is 0.124 e. The largest absolute Gasteiger partial charge is 0.395 e. The summed E-state index contributed by atoms with van der Waals surface area (Å²) in [6.07, 6.45) is 1.10. The molecule has 0 spiro atoms. The number of rotatable bonds is 4. The lowest BCUT2D eigenvalue weighted by atomic mass is 10.0. The summed E-state index contributed by atoms with van der Waals surface area (Å²) in [7, 11) is 0. The topological polar surface area (TPSA) is 43.7 Å². The van der Waals surface area contributed by atoms with Crippen LogP contribution in [0.4, 0.5) is 4.39 Å². The number of aliphatic hydroxyl groups excluding tert-OH is 2. The van der Waals surface area contributed by atoms with Crippen LogP contribution in [-0.2, 0) is 6.54 Å². The van der Waals surface area contributed by atoms with Gasteiger partial charge in [-0.05, 0) is 43.5 Å². The van der Waals surface area contributed by atoms with Crippen molar-refractivity contribution in [2.45, 2.75) is 32.4 Å². The highest BCUT2D eigenvalue weighted by molar-refractivity contribution is 5.41. The number of nitrogens with zero attached hydrogens (tertiary/aromatic N) is 1. The predicted octanol–water partition coefficient (Wildman–Crippen LogP) is 1.76. The Bertz CT molecular complexity index is 533. The first kappa shape index (κ1) is 16.0. The third kappa shape index (κ3) is 4.53. The van der Waals surface area contributed by atoms with E-state index in [2.05, 4.69) is 16.7 Å². The summed E-state index contributed by atoms with van der Waals surface area (Å²) in [5.41, 5.74) is 1.68. The molecule has 0 bridgehead atoms. The van der Waals surface area contributed by atoms with Gasteiger partial charge in [0.2, 0.25) is 0 Å². The van der Waals surface area contributed by atoms with E-state index in [-0.39, 0.29) is 18.5 Å². The standard InChI is InChI=1S/C17H22FNO2/c1-13(21)15-7-8-19(11-15)12-16-5-6-17(18)10-14(16)4-2-3-9-20/h5-6,10,13,15,20-21H,3,7-9,11-12H2,1H3. The van der Waals surface area contributed by atoms with Crippen LogP contribution in [0.3, 0.4) is 0 Å². The number of aliphatic hydroxyl groups is 2. The highest BCUT2D eigenvalue weighted by Crippen LogP contribution is 2.22. The molecule has 0 aliphatic carbocycles. The summed E-state index contributed by atoms with van der Waals surface area (Å²) in [6, 6.07) is 4.67. The van der Waals surface area contributed by atoms with Crippen molar-refractivity contribution in [2.75, 3.05) is 19.7 Å². The van der Waals surface area contributed by atoms with Crippen molar-refractivity contribution < 1.29 is 14.6 Å². The van der Waals surface area contributed by atoms with Crippen LogP contribution in [0.25, 0.3) is 0 Å². The fraction of sp³-hybridized carbons (Fsp3) is 0.529. The van der Waals surface area contributed by atoms with E-state index >= 15 is 0 Å². The zero-order valence-corrected chi connectivity index (χ0v) is 12.3. The highest BCUT2D eigenvalue weighted by atomic mass is 19.1. The van der Waals surface area contributed by atoms with Gasteiger partial charge in [0.15, 0.2) is 0 Å². The number of hydrogen-bond donors (Lipinski definition) is 2. The van der Waals surface area contributed by atoms with Gasteiger partial charge >= 0.3 is 0 Å². The second kappa shape index (κ2) is 7.56. The summed E-state index contributed by atoms with van der Waals surface area (Å²) in [5, 5.41) is 18.4. The first-order valence-corrected chi connectivity index (χ1v) is 7.38. The van der Waals surface area contributed by atoms with Gasteiger partial charge in [0.05, 0.1) is 12.7 Å². The van der Waals surface area contributed by atoms with Crippen molar-refractivity contribution in [1.29, 1.82) is 0 Å². The van der Waals surface area contributed by atoms with E-state index in [1.54, 1.807) is 6.07 Å². The molecule has 0 radical (unpaired) electrons. The summed E-state index contributed by atoms with van der Waals surface area (Å²) in [4.78, 5) is 2.27. The van der Waals surface area contributed by atoms with Crippen LogP contribution >= 0.6 is 0 Å². The van der Waals surface area contributed by atoms with Gasteiger partial charge in [-0.25, -0.2) is 4.39 Å². The molecule has 3 nitrogen and oxygen atoms in total. The zero-order chi connectivity index (χ0) is 15.2. The Morgan fingerprint density at radius 2 is 2.29 bits per heavy atom. The maximum atomic E-state index is 13.4. The number of likely N-dealkylation sites (tertiary alicyclic amines) is 1. The fourth-order valence-electron chi connectivity index (χ4n) is 2.66. The van der Waals surface area contributed by atoms with Gasteiger partial charge in [-0.1, -0.05) is 17.9 Å². The third-order valence-electron chi connectivity index (χ3n) is 3.92. The van der Waals surface area contributed by atoms with Gasteiger partial charge in [-0.15, -0.1) is 0 Å². The molecule has 2 N–H and O–H groups in total. The summed E-state index contributed by atoms with van der Waals surface area (Å²) < 4.78 is 13.4. The Morgan fingerprint density at radius 3 is 2.95 bits per heavy atom. The average molecular weight is 291 g/mol. The molecule has 1 aliphatic rings. The lowest BCUT2D eigenvalue weighted by molar-refractivity contribution is 0.127. The third-order valence-corrected chi connectivity index (χ3v) is 3.92. The van der Waals surface area contributed by atoms with E-state index in [1.165, 1.54) is 12.1 Å². The van der Waals surface area contributed by atoms with Crippen LogP contribution in [-0.4, -0.2) is 40.9 Å². The molecule has 1 aliphatic heterocycles. The minimum Gasteiger partial charge on any atom is -0.395 e. The van der Waals surface area contributed by atoms with Crippen LogP contribution in [0.5, 0.6) is 0 Å². The van der Waals surface area contributed by atoms with Crippen LogP contribution in [0.1, 0.15) is 30.9 Å². The first-order valence-electron chi connectivity index (χ1n) is 7.38. The molecule has 0 amide bonds. The molecule has 2 rings (SSSR count). The molecule has 2 atom stereocenters. The van der Waals surface area contributed by atoms with Crippen molar-refractivity contribution in [3.8, 4) is 11.8 Å². The van der Waals surface area contributed by atoms with Crippen LogP contribution in [0.15, 0.2) is 18.2 Å². The lowest BCUT2D eigenvalue weighted by Crippen LogP contribution is -2.24. The first-order chi connectivity index (χ1) is 10.1. The Morgan fingerprint density at radius 1 is 1.48 bits per heavy atom. The van der Waals surface area contributed by atoms with Crippen molar-refractivity contribution in [1.82, 2.24) is 4.90 Å². The summed E-state index contributed by atoms with van der Waals surface area (Å²) >= 11 is 0. The van der Waals surface area contributed by atoms with Gasteiger partial charge in [-0.2, -0.15) is 0 Å². The monoisotopic (exact) mass is 291 g/mol. The molecular formula is C17H22FNO2. The molecule has 1 saturated heterocycles. The molecule has 4 heteroatoms. The minimum atomic E-state index is -0.296. The van der Waals surface area contributed by atoms with Crippen LogP contribution in [0.2, 0.25) is 0 Å². The normalized spacial score (nSPS) is 20.1. The van der Waals surface area contributed by atoms with Gasteiger partial charge in [0.1, 0.15) is 5.82 Å². The van der Waals surface area contributed by atoms with Crippen LogP contribution < -0.4 is 0 Å². The second-order valence-corrected chi connectivity index (χ2v) is 5.60. The van der Waals surface area contributed by atoms with Crippen molar-refractivity contribution in [2.24, 2.45) is 5.92 Å². The maximum absolute atomic E-state index is 13.4. The smallest absolute Gasteiger partial charge is 0.124 e. The molecule has 0 saturated carbocycles. The van der Waals surface area contributed by atoms with Gasteiger partial charge in [0, 0.05) is 25.1 Å². The van der Waals surface area contributed by atoms with Crippen molar-refractivity contribution in [3.63, 3.8) is 0 Å². The van der Waals surface area contributed by atoms with Crippen LogP contribution in [0, 0.1) is 23.6 Å². The van der Waals surface area contributed by atoms with Crippen molar-refractivity contribution in [3.05, 3.63) is 35.1 Å². The quantitative estimate of drug-likeness (QED) is 0.831. The molecule has 2 unspecified atom stereocenters. The number of hydrogen-bond acceptors (Lipinski definition) is 3. The number of benzene rings is 1. The second-order valence-electron chi connectivity index (χ2n) is 5.60.